The molecule has 1 aromatic rings. The number of rotatable bonds is 6. The average molecular weight is 573 g/mol. The Kier molecular flexibility index (Phi) is 6.37. The molecule has 0 radical (unpaired) electrons. The zero-order valence-corrected chi connectivity index (χ0v) is 22.7. The first-order valence-electron chi connectivity index (χ1n) is 14.0. The van der Waals surface area contributed by atoms with Crippen LogP contribution >= 0.6 is 0 Å². The molecule has 5 aliphatic rings. The van der Waals surface area contributed by atoms with Crippen molar-refractivity contribution in [2.75, 3.05) is 20.1 Å². The van der Waals surface area contributed by atoms with Crippen LogP contribution in [0.5, 0.6) is 0 Å². The number of nitrogens with zero attached hydrogens (tertiary/aromatic N) is 2. The number of nitrogens with one attached hydrogen (secondary N) is 1. The van der Waals surface area contributed by atoms with Crippen LogP contribution in [0, 0.1) is 21.4 Å². The highest BCUT2D eigenvalue weighted by Crippen LogP contribution is 2.66. The van der Waals surface area contributed by atoms with Crippen molar-refractivity contribution in [1.82, 2.24) is 5.32 Å². The smallest absolute Gasteiger partial charge is 0.365 e. The highest BCUT2D eigenvalue weighted by Gasteiger charge is 2.70. The van der Waals surface area contributed by atoms with Gasteiger partial charge in [-0.1, -0.05) is 37.3 Å². The highest BCUT2D eigenvalue weighted by molar-refractivity contribution is 6.01. The van der Waals surface area contributed by atoms with Crippen LogP contribution in [0.3, 0.4) is 0 Å². The number of carbonyl (C=O) groups excluding carboxylic acids is 1. The molecule has 2 N–H and O–H groups in total. The standard InChI is InChI=1S/C30H32F3N3O5/c1-3-15-36(2)16-14-28-20-10-7-11-22(28)41-26-23(28)19(17-21(20)36)12-13-29(26,38)34-27(37)24(30(31,32)33)25(35(39)40)18-8-5-4-6-9-18/h3-6,8-9,12-13,20-22,26,38H,1,7,10-11,14-17H2,2H3/p+1/t20-,21+,22-,26?,28+,29?,36?/m0/s1. The van der Waals surface area contributed by atoms with Crippen molar-refractivity contribution >= 4 is 11.6 Å². The summed E-state index contributed by atoms with van der Waals surface area (Å²) in [4.78, 5) is 24.0. The van der Waals surface area contributed by atoms with Crippen LogP contribution in [-0.2, 0) is 9.53 Å². The van der Waals surface area contributed by atoms with Crippen LogP contribution in [0.25, 0.3) is 5.70 Å². The summed E-state index contributed by atoms with van der Waals surface area (Å²) in [5.41, 5.74) is -4.57. The van der Waals surface area contributed by atoms with Crippen molar-refractivity contribution in [2.24, 2.45) is 11.3 Å². The molecule has 2 aliphatic heterocycles. The molecule has 6 rings (SSSR count). The normalized spacial score (nSPS) is 37.7. The molecule has 1 amide bonds. The number of piperidine rings is 1. The van der Waals surface area contributed by atoms with E-state index in [2.05, 4.69) is 18.9 Å². The van der Waals surface area contributed by atoms with E-state index < -0.39 is 40.1 Å². The fourth-order valence-corrected chi connectivity index (χ4v) is 8.52. The lowest BCUT2D eigenvalue weighted by Crippen LogP contribution is -2.69. The molecule has 218 valence electrons. The largest absolute Gasteiger partial charge is 0.428 e. The summed E-state index contributed by atoms with van der Waals surface area (Å²) in [6.07, 6.45) is 2.41. The number of quaternary nitrogens is 1. The minimum Gasteiger partial charge on any atom is -0.365 e. The van der Waals surface area contributed by atoms with Gasteiger partial charge in [0, 0.05) is 24.2 Å². The van der Waals surface area contributed by atoms with Gasteiger partial charge in [-0.25, -0.2) is 0 Å². The van der Waals surface area contributed by atoms with E-state index in [1.54, 1.807) is 6.08 Å². The quantitative estimate of drug-likeness (QED) is 0.132. The van der Waals surface area contributed by atoms with Crippen molar-refractivity contribution in [3.8, 4) is 0 Å². The van der Waals surface area contributed by atoms with E-state index in [1.807, 2.05) is 6.08 Å². The molecule has 7 atom stereocenters. The van der Waals surface area contributed by atoms with E-state index >= 15 is 0 Å². The predicted octanol–water partition coefficient (Wildman–Crippen LogP) is 4.27. The maximum atomic E-state index is 14.3. The number of amides is 1. The van der Waals surface area contributed by atoms with Crippen molar-refractivity contribution in [1.29, 1.82) is 0 Å². The van der Waals surface area contributed by atoms with Crippen LogP contribution in [0.1, 0.15) is 37.7 Å². The van der Waals surface area contributed by atoms with Crippen LogP contribution in [0.2, 0.25) is 0 Å². The van der Waals surface area contributed by atoms with Gasteiger partial charge in [-0.15, -0.1) is 0 Å². The van der Waals surface area contributed by atoms with Crippen LogP contribution in [0.4, 0.5) is 13.2 Å². The van der Waals surface area contributed by atoms with Gasteiger partial charge in [0.25, 0.3) is 11.6 Å². The molecule has 2 bridgehead atoms. The van der Waals surface area contributed by atoms with Gasteiger partial charge in [-0.05, 0) is 48.3 Å². The van der Waals surface area contributed by atoms with Crippen LogP contribution in [-0.4, -0.2) is 70.7 Å². The Bertz CT molecular complexity index is 1410. The summed E-state index contributed by atoms with van der Waals surface area (Å²) in [7, 11) is 2.25. The fourth-order valence-electron chi connectivity index (χ4n) is 8.52. The molecule has 8 nitrogen and oxygen atoms in total. The lowest BCUT2D eigenvalue weighted by atomic mass is 9.50. The zero-order valence-electron chi connectivity index (χ0n) is 22.7. The van der Waals surface area contributed by atoms with Crippen molar-refractivity contribution < 1.29 is 37.2 Å². The molecular weight excluding hydrogens is 539 g/mol. The number of aliphatic hydroxyl groups is 1. The number of hydrogen-bond acceptors (Lipinski definition) is 5. The summed E-state index contributed by atoms with van der Waals surface area (Å²) in [5.74, 6) is -1.52. The number of allylic oxidation sites excluding steroid dienone is 1. The summed E-state index contributed by atoms with van der Waals surface area (Å²) in [5, 5.41) is 25.8. The first-order chi connectivity index (χ1) is 19.4. The van der Waals surface area contributed by atoms with Crippen molar-refractivity contribution in [2.45, 2.75) is 62.3 Å². The molecule has 1 spiro atoms. The van der Waals surface area contributed by atoms with E-state index in [0.717, 1.165) is 73.0 Å². The number of likely N-dealkylation sites (tertiary alicyclic amines) is 1. The third-order valence-corrected chi connectivity index (χ3v) is 10.1. The number of likely N-dealkylation sites (N-methyl/N-ethyl adjacent to an activating group) is 1. The maximum absolute atomic E-state index is 14.3. The molecule has 2 saturated heterocycles. The molecule has 3 unspecified atom stereocenters. The number of ether oxygens (including phenoxy) is 1. The second-order valence-corrected chi connectivity index (χ2v) is 12.2. The van der Waals surface area contributed by atoms with E-state index in [9.17, 15) is 33.2 Å². The monoisotopic (exact) mass is 572 g/mol. The molecule has 41 heavy (non-hydrogen) atoms. The Morgan fingerprint density at radius 1 is 1.32 bits per heavy atom. The second-order valence-electron chi connectivity index (χ2n) is 12.2. The number of nitro groups is 1. The maximum Gasteiger partial charge on any atom is 0.428 e. The third-order valence-electron chi connectivity index (χ3n) is 10.1. The molecular formula is C30H33F3N3O5+. The summed E-state index contributed by atoms with van der Waals surface area (Å²) < 4.78 is 50.3. The van der Waals surface area contributed by atoms with Crippen LogP contribution in [0.15, 0.2) is 71.9 Å². The number of benzene rings is 1. The average Bonchev–Trinajstić information content (AvgIpc) is 3.26. The predicted molar refractivity (Wildman–Crippen MR) is 143 cm³/mol. The number of alkyl halides is 3. The van der Waals surface area contributed by atoms with Gasteiger partial charge < -0.3 is 19.6 Å². The molecule has 0 aromatic heterocycles. The van der Waals surface area contributed by atoms with Crippen molar-refractivity contribution in [3.63, 3.8) is 0 Å². The Balaban J connectivity index is 1.41. The van der Waals surface area contributed by atoms with Gasteiger partial charge in [-0.3, -0.25) is 14.9 Å². The second kappa shape index (κ2) is 9.37. The number of halogens is 3. The number of hydrogen-bond donors (Lipinski definition) is 2. The van der Waals surface area contributed by atoms with Crippen molar-refractivity contribution in [3.05, 3.63) is 87.5 Å². The van der Waals surface area contributed by atoms with Gasteiger partial charge in [0.05, 0.1) is 42.8 Å². The van der Waals surface area contributed by atoms with Gasteiger partial charge in [0.2, 0.25) is 0 Å². The Morgan fingerprint density at radius 3 is 2.71 bits per heavy atom. The van der Waals surface area contributed by atoms with Gasteiger partial charge >= 0.3 is 6.18 Å². The van der Waals surface area contributed by atoms with Crippen LogP contribution < -0.4 is 5.32 Å². The highest BCUT2D eigenvalue weighted by atomic mass is 19.4. The Labute approximate surface area is 235 Å². The molecule has 3 fully saturated rings. The first-order valence-corrected chi connectivity index (χ1v) is 14.0. The molecule has 11 heteroatoms. The zero-order chi connectivity index (χ0) is 29.4. The Hall–Kier alpha value is -3.28. The lowest BCUT2D eigenvalue weighted by Gasteiger charge is -2.61. The lowest BCUT2D eigenvalue weighted by molar-refractivity contribution is -0.940. The number of carbonyl (C=O) groups is 1. The third kappa shape index (κ3) is 4.04. The summed E-state index contributed by atoms with van der Waals surface area (Å²) in [6.45, 7) is 5.66. The molecule has 3 aliphatic carbocycles. The van der Waals surface area contributed by atoms with E-state index in [4.69, 9.17) is 4.74 Å². The van der Waals surface area contributed by atoms with E-state index in [-0.39, 0.29) is 23.0 Å². The first kappa shape index (κ1) is 27.9. The van der Waals surface area contributed by atoms with Gasteiger partial charge in [0.1, 0.15) is 6.10 Å². The minimum absolute atomic E-state index is 0.240. The summed E-state index contributed by atoms with van der Waals surface area (Å²) >= 11 is 0. The SMILES string of the molecule is C=CC[N+]1(C)CC[C@]23C4=C5C=CC(O)(NC(=O)C(=C(c6ccccc6)[N+](=O)[O-])C(F)(F)F)C4O[C@H]2CCC[C@H]3[C@H]1C5. The fraction of sp³-hybridized carbons (Fsp3) is 0.500. The molecule has 1 saturated carbocycles. The Morgan fingerprint density at radius 2 is 2.05 bits per heavy atom. The minimum atomic E-state index is -5.37. The van der Waals surface area contributed by atoms with E-state index in [1.165, 1.54) is 24.3 Å². The van der Waals surface area contributed by atoms with E-state index in [0.29, 0.717) is 6.04 Å². The van der Waals surface area contributed by atoms with Gasteiger partial charge in [-0.2, -0.15) is 13.2 Å². The topological polar surface area (TPSA) is 102 Å². The van der Waals surface area contributed by atoms with Gasteiger partial charge in [0.15, 0.2) is 11.3 Å². The molecule has 2 heterocycles. The summed E-state index contributed by atoms with van der Waals surface area (Å²) in [6, 6.07) is 6.77. The molecule has 1 aromatic carbocycles.